The van der Waals surface area contributed by atoms with E-state index in [0.717, 1.165) is 26.6 Å². The molecule has 1 amide bonds. The lowest BCUT2D eigenvalue weighted by Crippen LogP contribution is -2.20. The Morgan fingerprint density at radius 1 is 0.970 bits per heavy atom. The first-order valence-electron chi connectivity index (χ1n) is 10.1. The molecule has 0 unspecified atom stereocenters. The number of halogens is 1. The minimum Gasteiger partial charge on any atom is -0.467 e. The molecule has 2 aromatic heterocycles. The summed E-state index contributed by atoms with van der Waals surface area (Å²) in [5.41, 5.74) is 3.10. The second-order valence-corrected chi connectivity index (χ2v) is 8.02. The van der Waals surface area contributed by atoms with Crippen molar-refractivity contribution in [2.24, 2.45) is 0 Å². The van der Waals surface area contributed by atoms with E-state index in [1.807, 2.05) is 72.8 Å². The van der Waals surface area contributed by atoms with Crippen molar-refractivity contribution in [1.82, 2.24) is 24.7 Å². The van der Waals surface area contributed by atoms with Gasteiger partial charge in [-0.05, 0) is 60.7 Å². The number of fused-ring (bicyclic) bond motifs is 1. The number of rotatable bonds is 6. The van der Waals surface area contributed by atoms with Crippen LogP contribution in [0.25, 0.3) is 28.0 Å². The van der Waals surface area contributed by atoms with Crippen LogP contribution in [0.1, 0.15) is 0 Å². The highest BCUT2D eigenvalue weighted by atomic mass is 79.9. The van der Waals surface area contributed by atoms with Crippen LogP contribution >= 0.6 is 15.9 Å². The van der Waals surface area contributed by atoms with Crippen LogP contribution in [0.2, 0.25) is 0 Å². The van der Waals surface area contributed by atoms with Crippen molar-refractivity contribution in [2.45, 2.75) is 0 Å². The highest BCUT2D eigenvalue weighted by Gasteiger charge is 2.13. The normalized spacial score (nSPS) is 10.8. The molecular weight excluding hydrogens is 484 g/mol. The summed E-state index contributed by atoms with van der Waals surface area (Å²) in [6, 6.07) is 22.5. The van der Waals surface area contributed by atoms with Crippen molar-refractivity contribution in [3.63, 3.8) is 0 Å². The van der Waals surface area contributed by atoms with Gasteiger partial charge in [-0.15, -0.1) is 0 Å². The van der Waals surface area contributed by atoms with Crippen LogP contribution in [0.5, 0.6) is 5.88 Å². The number of nitrogens with one attached hydrogen (secondary N) is 1. The Morgan fingerprint density at radius 2 is 1.76 bits per heavy atom. The predicted molar refractivity (Wildman–Crippen MR) is 128 cm³/mol. The largest absolute Gasteiger partial charge is 0.467 e. The van der Waals surface area contributed by atoms with Gasteiger partial charge >= 0.3 is 0 Å². The first-order valence-corrected chi connectivity index (χ1v) is 10.9. The molecule has 2 heterocycles. The van der Waals surface area contributed by atoms with Crippen molar-refractivity contribution in [2.75, 3.05) is 11.9 Å². The van der Waals surface area contributed by atoms with E-state index < -0.39 is 0 Å². The summed E-state index contributed by atoms with van der Waals surface area (Å²) in [5.74, 6) is 0.572. The third-order valence-corrected chi connectivity index (χ3v) is 5.37. The maximum absolute atomic E-state index is 12.4. The Morgan fingerprint density at radius 3 is 2.52 bits per heavy atom. The fraction of sp³-hybridized carbons (Fsp3) is 0.0417. The van der Waals surface area contributed by atoms with Crippen molar-refractivity contribution in [1.29, 1.82) is 0 Å². The SMILES string of the molecule is O=C(COc1nc(-c2ccc(-n3cncn3)cc2)nc2ccccc12)Nc1ccc(Br)cc1. The fourth-order valence-corrected chi connectivity index (χ4v) is 3.52. The summed E-state index contributed by atoms with van der Waals surface area (Å²) in [7, 11) is 0. The van der Waals surface area contributed by atoms with Crippen LogP contribution in [-0.4, -0.2) is 37.2 Å². The minimum atomic E-state index is -0.279. The van der Waals surface area contributed by atoms with Crippen LogP contribution in [0.4, 0.5) is 5.69 Å². The maximum atomic E-state index is 12.4. The zero-order chi connectivity index (χ0) is 22.6. The van der Waals surface area contributed by atoms with Gasteiger partial charge in [0.1, 0.15) is 12.7 Å². The third-order valence-electron chi connectivity index (χ3n) is 4.85. The Labute approximate surface area is 197 Å². The molecule has 0 bridgehead atoms. The van der Waals surface area contributed by atoms with E-state index in [0.29, 0.717) is 17.4 Å². The van der Waals surface area contributed by atoms with E-state index in [1.54, 1.807) is 11.0 Å². The number of hydrogen-bond donors (Lipinski definition) is 1. The number of hydrogen-bond acceptors (Lipinski definition) is 6. The lowest BCUT2D eigenvalue weighted by molar-refractivity contribution is -0.118. The first-order chi connectivity index (χ1) is 16.2. The molecule has 5 aromatic rings. The highest BCUT2D eigenvalue weighted by molar-refractivity contribution is 9.10. The van der Waals surface area contributed by atoms with Gasteiger partial charge in [0.15, 0.2) is 12.4 Å². The molecule has 0 fully saturated rings. The van der Waals surface area contributed by atoms with Gasteiger partial charge in [-0.3, -0.25) is 4.79 Å². The minimum absolute atomic E-state index is 0.179. The van der Waals surface area contributed by atoms with E-state index in [9.17, 15) is 4.79 Å². The Hall–Kier alpha value is -4.11. The van der Waals surface area contributed by atoms with Gasteiger partial charge < -0.3 is 10.1 Å². The number of aromatic nitrogens is 5. The molecule has 0 aliphatic rings. The second-order valence-electron chi connectivity index (χ2n) is 7.10. The summed E-state index contributed by atoms with van der Waals surface area (Å²) < 4.78 is 8.43. The van der Waals surface area contributed by atoms with E-state index in [-0.39, 0.29) is 12.5 Å². The van der Waals surface area contributed by atoms with Gasteiger partial charge in [0.25, 0.3) is 5.91 Å². The van der Waals surface area contributed by atoms with Gasteiger partial charge in [-0.2, -0.15) is 10.1 Å². The van der Waals surface area contributed by atoms with E-state index in [2.05, 4.69) is 41.3 Å². The van der Waals surface area contributed by atoms with Crippen molar-refractivity contribution < 1.29 is 9.53 Å². The van der Waals surface area contributed by atoms with Crippen molar-refractivity contribution in [3.05, 3.63) is 89.9 Å². The van der Waals surface area contributed by atoms with Crippen molar-refractivity contribution >= 4 is 38.4 Å². The van der Waals surface area contributed by atoms with E-state index in [1.165, 1.54) is 6.33 Å². The molecule has 3 aromatic carbocycles. The van der Waals surface area contributed by atoms with Gasteiger partial charge in [-0.25, -0.2) is 14.6 Å². The first kappa shape index (κ1) is 20.8. The van der Waals surface area contributed by atoms with Crippen LogP contribution in [0.3, 0.4) is 0 Å². The van der Waals surface area contributed by atoms with Crippen LogP contribution in [-0.2, 0) is 4.79 Å². The molecule has 9 heteroatoms. The zero-order valence-electron chi connectivity index (χ0n) is 17.2. The summed E-state index contributed by atoms with van der Waals surface area (Å²) in [6.45, 7) is -0.179. The average molecular weight is 501 g/mol. The van der Waals surface area contributed by atoms with Gasteiger partial charge in [0.05, 0.1) is 16.6 Å². The van der Waals surface area contributed by atoms with Gasteiger partial charge in [0, 0.05) is 15.7 Å². The number of para-hydroxylation sites is 1. The van der Waals surface area contributed by atoms with Crippen LogP contribution < -0.4 is 10.1 Å². The van der Waals surface area contributed by atoms with E-state index in [4.69, 9.17) is 4.74 Å². The molecule has 0 aliphatic carbocycles. The molecule has 33 heavy (non-hydrogen) atoms. The zero-order valence-corrected chi connectivity index (χ0v) is 18.8. The third kappa shape index (κ3) is 4.73. The quantitative estimate of drug-likeness (QED) is 0.364. The smallest absolute Gasteiger partial charge is 0.262 e. The molecule has 5 rings (SSSR count). The van der Waals surface area contributed by atoms with Gasteiger partial charge in [0.2, 0.25) is 5.88 Å². The topological polar surface area (TPSA) is 94.8 Å². The van der Waals surface area contributed by atoms with Crippen molar-refractivity contribution in [3.8, 4) is 23.0 Å². The maximum Gasteiger partial charge on any atom is 0.262 e. The molecule has 0 saturated heterocycles. The second kappa shape index (κ2) is 9.17. The average Bonchev–Trinajstić information content (AvgIpc) is 3.39. The molecule has 162 valence electrons. The van der Waals surface area contributed by atoms with Gasteiger partial charge in [-0.1, -0.05) is 28.1 Å². The molecule has 0 atom stereocenters. The highest BCUT2D eigenvalue weighted by Crippen LogP contribution is 2.27. The lowest BCUT2D eigenvalue weighted by atomic mass is 10.1. The molecule has 0 aliphatic heterocycles. The number of carbonyl (C=O) groups excluding carboxylic acids is 1. The molecule has 0 spiro atoms. The number of ether oxygens (including phenoxy) is 1. The number of amides is 1. The fourth-order valence-electron chi connectivity index (χ4n) is 3.26. The Bertz CT molecular complexity index is 1400. The summed E-state index contributed by atoms with van der Waals surface area (Å²) in [6.07, 6.45) is 3.11. The number of anilines is 1. The Kier molecular flexibility index (Phi) is 5.77. The van der Waals surface area contributed by atoms with E-state index >= 15 is 0 Å². The molecule has 1 N–H and O–H groups in total. The van der Waals surface area contributed by atoms with Crippen LogP contribution in [0.15, 0.2) is 89.9 Å². The molecule has 8 nitrogen and oxygen atoms in total. The monoisotopic (exact) mass is 500 g/mol. The molecular formula is C24H17BrN6O2. The number of nitrogens with zero attached hydrogens (tertiary/aromatic N) is 5. The van der Waals surface area contributed by atoms with Crippen LogP contribution in [0, 0.1) is 0 Å². The number of benzene rings is 3. The number of carbonyl (C=O) groups is 1. The lowest BCUT2D eigenvalue weighted by Gasteiger charge is -2.11. The summed E-state index contributed by atoms with van der Waals surface area (Å²) in [4.78, 5) is 25.6. The standard InChI is InChI=1S/C24H17BrN6O2/c25-17-7-9-18(10-8-17)28-22(32)13-33-24-20-3-1-2-4-21(20)29-23(30-24)16-5-11-19(12-6-16)31-15-26-14-27-31/h1-12,14-15H,13H2,(H,28,32). The summed E-state index contributed by atoms with van der Waals surface area (Å²) in [5, 5.41) is 7.68. The summed E-state index contributed by atoms with van der Waals surface area (Å²) >= 11 is 3.38. The molecule has 0 saturated carbocycles. The Balaban J connectivity index is 1.39. The molecule has 0 radical (unpaired) electrons. The predicted octanol–water partition coefficient (Wildman–Crippen LogP) is 4.66.